The summed E-state index contributed by atoms with van der Waals surface area (Å²) in [7, 11) is 0. The van der Waals surface area contributed by atoms with Crippen molar-refractivity contribution < 1.29 is 9.59 Å². The maximum absolute atomic E-state index is 12.8. The lowest BCUT2D eigenvalue weighted by atomic mass is 9.96. The van der Waals surface area contributed by atoms with Crippen LogP contribution < -0.4 is 10.2 Å². The predicted octanol–water partition coefficient (Wildman–Crippen LogP) is 3.17. The first-order valence-electron chi connectivity index (χ1n) is 10.1. The Kier molecular flexibility index (Phi) is 5.56. The van der Waals surface area contributed by atoms with E-state index in [1.165, 1.54) is 11.0 Å². The van der Waals surface area contributed by atoms with E-state index in [4.69, 9.17) is 0 Å². The molecule has 0 saturated carbocycles. The van der Waals surface area contributed by atoms with E-state index in [0.29, 0.717) is 18.2 Å². The van der Waals surface area contributed by atoms with Crippen LogP contribution in [0, 0.1) is 5.92 Å². The third-order valence-corrected chi connectivity index (χ3v) is 5.62. The Labute approximate surface area is 174 Å². The maximum Gasteiger partial charge on any atom is 0.229 e. The van der Waals surface area contributed by atoms with Crippen LogP contribution >= 0.6 is 0 Å². The van der Waals surface area contributed by atoms with E-state index in [1.54, 1.807) is 17.0 Å². The van der Waals surface area contributed by atoms with Crippen LogP contribution in [0.1, 0.15) is 38.2 Å². The van der Waals surface area contributed by atoms with Crippen LogP contribution in [0.15, 0.2) is 54.9 Å². The number of carbonyl (C=O) groups is 2. The summed E-state index contributed by atoms with van der Waals surface area (Å²) in [6.45, 7) is 4.68. The van der Waals surface area contributed by atoms with Crippen molar-refractivity contribution in [2.75, 3.05) is 16.8 Å². The number of carbonyl (C=O) groups excluding carboxylic acids is 2. The van der Waals surface area contributed by atoms with Gasteiger partial charge in [-0.2, -0.15) is 0 Å². The van der Waals surface area contributed by atoms with Gasteiger partial charge >= 0.3 is 0 Å². The zero-order chi connectivity index (χ0) is 21.1. The van der Waals surface area contributed by atoms with Gasteiger partial charge in [-0.3, -0.25) is 9.59 Å². The molecule has 1 N–H and O–H groups in total. The fourth-order valence-electron chi connectivity index (χ4n) is 3.71. The molecule has 30 heavy (non-hydrogen) atoms. The van der Waals surface area contributed by atoms with Crippen LogP contribution in [-0.2, 0) is 9.59 Å². The van der Waals surface area contributed by atoms with Gasteiger partial charge in [0.2, 0.25) is 11.8 Å². The van der Waals surface area contributed by atoms with E-state index >= 15 is 0 Å². The highest BCUT2D eigenvalue weighted by Crippen LogP contribution is 2.33. The van der Waals surface area contributed by atoms with Gasteiger partial charge in [-0.1, -0.05) is 32.0 Å². The Morgan fingerprint density at radius 3 is 2.67 bits per heavy atom. The monoisotopic (exact) mass is 404 g/mol. The lowest BCUT2D eigenvalue weighted by Gasteiger charge is -2.23. The quantitative estimate of drug-likeness (QED) is 0.681. The summed E-state index contributed by atoms with van der Waals surface area (Å²) < 4.78 is 1.54. The number of amides is 2. The van der Waals surface area contributed by atoms with Gasteiger partial charge in [0.1, 0.15) is 6.33 Å². The molecule has 8 heteroatoms. The zero-order valence-electron chi connectivity index (χ0n) is 17.0. The standard InChI is InChI=1S/C22H24N6O2/c1-3-15(2)19-6-4-5-7-20(19)27-13-16(12-21(27)29)22(30)24-17-8-10-18(11-9-17)28-14-23-25-26-28/h4-11,14-16H,3,12-13H2,1-2H3,(H,24,30)/t15-,16+/m1/s1. The normalized spacial score (nSPS) is 17.2. The molecule has 0 aliphatic carbocycles. The summed E-state index contributed by atoms with van der Waals surface area (Å²) in [6.07, 6.45) is 2.70. The van der Waals surface area contributed by atoms with Crippen molar-refractivity contribution >= 4 is 23.2 Å². The average Bonchev–Trinajstić information content (AvgIpc) is 3.44. The van der Waals surface area contributed by atoms with Crippen molar-refractivity contribution in [1.29, 1.82) is 0 Å². The molecule has 8 nitrogen and oxygen atoms in total. The van der Waals surface area contributed by atoms with Crippen LogP contribution in [0.4, 0.5) is 11.4 Å². The molecule has 1 aliphatic heterocycles. The number of hydrogen-bond donors (Lipinski definition) is 1. The minimum atomic E-state index is -0.387. The number of benzene rings is 2. The second kappa shape index (κ2) is 8.44. The second-order valence-electron chi connectivity index (χ2n) is 7.56. The molecule has 4 rings (SSSR count). The molecule has 0 spiro atoms. The minimum Gasteiger partial charge on any atom is -0.326 e. The summed E-state index contributed by atoms with van der Waals surface area (Å²) in [4.78, 5) is 27.3. The van der Waals surface area contributed by atoms with Crippen LogP contribution in [0.5, 0.6) is 0 Å². The van der Waals surface area contributed by atoms with Crippen molar-refractivity contribution in [2.24, 2.45) is 5.92 Å². The van der Waals surface area contributed by atoms with Gasteiger partial charge in [0.25, 0.3) is 0 Å². The van der Waals surface area contributed by atoms with Crippen molar-refractivity contribution in [3.05, 3.63) is 60.4 Å². The van der Waals surface area contributed by atoms with Gasteiger partial charge in [0.15, 0.2) is 0 Å². The van der Waals surface area contributed by atoms with E-state index in [2.05, 4.69) is 40.8 Å². The molecule has 2 amide bonds. The molecule has 1 aliphatic rings. The van der Waals surface area contributed by atoms with Gasteiger partial charge in [-0.15, -0.1) is 5.10 Å². The molecule has 1 aromatic heterocycles. The van der Waals surface area contributed by atoms with E-state index < -0.39 is 0 Å². The van der Waals surface area contributed by atoms with Gasteiger partial charge in [0, 0.05) is 24.3 Å². The van der Waals surface area contributed by atoms with Crippen LogP contribution in [0.3, 0.4) is 0 Å². The van der Waals surface area contributed by atoms with E-state index in [9.17, 15) is 9.59 Å². The van der Waals surface area contributed by atoms with E-state index in [-0.39, 0.29) is 24.2 Å². The summed E-state index contributed by atoms with van der Waals surface area (Å²) in [5.74, 6) is -0.204. The molecule has 154 valence electrons. The zero-order valence-corrected chi connectivity index (χ0v) is 17.0. The third kappa shape index (κ3) is 3.94. The van der Waals surface area contributed by atoms with E-state index in [0.717, 1.165) is 23.4 Å². The molecule has 3 aromatic rings. The van der Waals surface area contributed by atoms with Crippen LogP contribution in [-0.4, -0.2) is 38.6 Å². The number of para-hydroxylation sites is 1. The molecular weight excluding hydrogens is 380 g/mol. The lowest BCUT2D eigenvalue weighted by molar-refractivity contribution is -0.122. The first kappa shape index (κ1) is 19.8. The smallest absolute Gasteiger partial charge is 0.229 e. The first-order valence-corrected chi connectivity index (χ1v) is 10.1. The SMILES string of the molecule is CC[C@@H](C)c1ccccc1N1C[C@@H](C(=O)Nc2ccc(-n3cnnn3)cc2)CC1=O. The Bertz CT molecular complexity index is 1030. The molecule has 2 aromatic carbocycles. The molecule has 0 bridgehead atoms. The highest BCUT2D eigenvalue weighted by Gasteiger charge is 2.36. The second-order valence-corrected chi connectivity index (χ2v) is 7.56. The average molecular weight is 404 g/mol. The Morgan fingerprint density at radius 1 is 1.20 bits per heavy atom. The fraction of sp³-hybridized carbons (Fsp3) is 0.318. The Morgan fingerprint density at radius 2 is 1.97 bits per heavy atom. The molecule has 1 saturated heterocycles. The summed E-state index contributed by atoms with van der Waals surface area (Å²) in [5, 5.41) is 14.0. The number of nitrogens with zero attached hydrogens (tertiary/aromatic N) is 5. The number of tetrazole rings is 1. The van der Waals surface area contributed by atoms with Gasteiger partial charge in [-0.05, 0) is 58.7 Å². The van der Waals surface area contributed by atoms with Gasteiger partial charge < -0.3 is 10.2 Å². The first-order chi connectivity index (χ1) is 14.6. The number of hydrogen-bond acceptors (Lipinski definition) is 5. The van der Waals surface area contributed by atoms with Crippen molar-refractivity contribution in [3.8, 4) is 5.69 Å². The van der Waals surface area contributed by atoms with E-state index in [1.807, 2.05) is 30.3 Å². The molecule has 0 unspecified atom stereocenters. The van der Waals surface area contributed by atoms with Crippen molar-refractivity contribution in [2.45, 2.75) is 32.6 Å². The number of rotatable bonds is 6. The Balaban J connectivity index is 1.45. The summed E-state index contributed by atoms with van der Waals surface area (Å²) in [5.41, 5.74) is 3.52. The summed E-state index contributed by atoms with van der Waals surface area (Å²) >= 11 is 0. The number of nitrogens with one attached hydrogen (secondary N) is 1. The highest BCUT2D eigenvalue weighted by molar-refractivity contribution is 6.03. The minimum absolute atomic E-state index is 0.0140. The van der Waals surface area contributed by atoms with Crippen LogP contribution in [0.25, 0.3) is 5.69 Å². The Hall–Kier alpha value is -3.55. The van der Waals surface area contributed by atoms with Crippen molar-refractivity contribution in [1.82, 2.24) is 20.2 Å². The molecule has 2 heterocycles. The lowest BCUT2D eigenvalue weighted by Crippen LogP contribution is -2.29. The van der Waals surface area contributed by atoms with Gasteiger partial charge in [-0.25, -0.2) is 4.68 Å². The molecule has 1 fully saturated rings. The van der Waals surface area contributed by atoms with Crippen LogP contribution in [0.2, 0.25) is 0 Å². The predicted molar refractivity (Wildman–Crippen MR) is 113 cm³/mol. The number of anilines is 2. The maximum atomic E-state index is 12.8. The highest BCUT2D eigenvalue weighted by atomic mass is 16.2. The summed E-state index contributed by atoms with van der Waals surface area (Å²) in [6, 6.07) is 15.2. The molecule has 2 atom stereocenters. The largest absolute Gasteiger partial charge is 0.326 e. The molecular formula is C22H24N6O2. The number of aromatic nitrogens is 4. The molecule has 0 radical (unpaired) electrons. The third-order valence-electron chi connectivity index (χ3n) is 5.62. The topological polar surface area (TPSA) is 93.0 Å². The van der Waals surface area contributed by atoms with Gasteiger partial charge in [0.05, 0.1) is 11.6 Å². The fourth-order valence-corrected chi connectivity index (χ4v) is 3.71. The van der Waals surface area contributed by atoms with Crippen molar-refractivity contribution in [3.63, 3.8) is 0 Å².